The quantitative estimate of drug-likeness (QED) is 0.486. The third-order valence-corrected chi connectivity index (χ3v) is 1.48. The van der Waals surface area contributed by atoms with Crippen molar-refractivity contribution < 1.29 is 15.0 Å². The minimum atomic E-state index is -1.02. The van der Waals surface area contributed by atoms with E-state index in [9.17, 15) is 4.79 Å². The van der Waals surface area contributed by atoms with E-state index >= 15 is 0 Å². The van der Waals surface area contributed by atoms with Gasteiger partial charge in [-0.15, -0.1) is 0 Å². The first-order valence-electron chi connectivity index (χ1n) is 3.71. The number of allylic oxidation sites excluding steroid dienone is 1. The molecule has 0 heterocycles. The van der Waals surface area contributed by atoms with Crippen molar-refractivity contribution in [2.45, 2.75) is 33.1 Å². The van der Waals surface area contributed by atoms with Gasteiger partial charge in [0.1, 0.15) is 0 Å². The summed E-state index contributed by atoms with van der Waals surface area (Å²) in [4.78, 5) is 10.4. The third kappa shape index (κ3) is 3.65. The van der Waals surface area contributed by atoms with Crippen LogP contribution in [0.15, 0.2) is 11.3 Å². The smallest absolute Gasteiger partial charge is 0.334 e. The first-order chi connectivity index (χ1) is 5.09. The van der Waals surface area contributed by atoms with E-state index in [0.717, 1.165) is 12.8 Å². The van der Waals surface area contributed by atoms with Crippen LogP contribution in [-0.4, -0.2) is 16.2 Å². The summed E-state index contributed by atoms with van der Waals surface area (Å²) < 4.78 is 0. The zero-order valence-corrected chi connectivity index (χ0v) is 6.92. The summed E-state index contributed by atoms with van der Waals surface area (Å²) >= 11 is 0. The van der Waals surface area contributed by atoms with Crippen molar-refractivity contribution >= 4 is 5.97 Å². The second kappa shape index (κ2) is 4.77. The van der Waals surface area contributed by atoms with Gasteiger partial charge in [0, 0.05) is 0 Å². The number of rotatable bonds is 4. The molecule has 0 radical (unpaired) electrons. The van der Waals surface area contributed by atoms with Crippen LogP contribution in [0.5, 0.6) is 0 Å². The molecular formula is C8H14O3. The second-order valence-electron chi connectivity index (χ2n) is 2.47. The molecule has 3 nitrogen and oxygen atoms in total. The van der Waals surface area contributed by atoms with Gasteiger partial charge in [0.15, 0.2) is 0 Å². The van der Waals surface area contributed by atoms with E-state index < -0.39 is 5.97 Å². The van der Waals surface area contributed by atoms with Gasteiger partial charge in [-0.25, -0.2) is 4.79 Å². The number of aliphatic carboxylic acids is 1. The lowest BCUT2D eigenvalue weighted by Crippen LogP contribution is -2.03. The van der Waals surface area contributed by atoms with Crippen molar-refractivity contribution in [3.63, 3.8) is 0 Å². The van der Waals surface area contributed by atoms with Crippen molar-refractivity contribution in [1.82, 2.24) is 0 Å². The van der Waals surface area contributed by atoms with Crippen molar-refractivity contribution in [2.75, 3.05) is 0 Å². The average Bonchev–Trinajstić information content (AvgIpc) is 1.87. The predicted molar refractivity (Wildman–Crippen MR) is 42.5 cm³/mol. The second-order valence-corrected chi connectivity index (χ2v) is 2.47. The normalized spacial score (nSPS) is 12.5. The molecule has 0 aliphatic heterocycles. The zero-order valence-electron chi connectivity index (χ0n) is 6.92. The molecular weight excluding hydrogens is 144 g/mol. The van der Waals surface area contributed by atoms with Gasteiger partial charge in [-0.05, 0) is 19.8 Å². The summed E-state index contributed by atoms with van der Waals surface area (Å²) in [6.07, 6.45) is 2.19. The summed E-state index contributed by atoms with van der Waals surface area (Å²) in [6.45, 7) is 3.38. The van der Waals surface area contributed by atoms with Gasteiger partial charge in [-0.3, -0.25) is 0 Å². The maximum Gasteiger partial charge on any atom is 0.334 e. The topological polar surface area (TPSA) is 57.5 Å². The SMILES string of the molecule is CCCC/C(C(=O)O)=C(\C)O. The first-order valence-corrected chi connectivity index (χ1v) is 3.71. The number of carboxylic acids is 1. The van der Waals surface area contributed by atoms with E-state index in [4.69, 9.17) is 10.2 Å². The van der Waals surface area contributed by atoms with Gasteiger partial charge in [0.05, 0.1) is 11.3 Å². The van der Waals surface area contributed by atoms with Gasteiger partial charge >= 0.3 is 5.97 Å². The van der Waals surface area contributed by atoms with E-state index in [0.29, 0.717) is 6.42 Å². The number of aliphatic hydroxyl groups is 1. The Morgan fingerprint density at radius 1 is 1.36 bits per heavy atom. The molecule has 0 aromatic rings. The fraction of sp³-hybridized carbons (Fsp3) is 0.625. The Morgan fingerprint density at radius 3 is 2.18 bits per heavy atom. The lowest BCUT2D eigenvalue weighted by Gasteiger charge is -2.01. The van der Waals surface area contributed by atoms with Crippen molar-refractivity contribution in [3.05, 3.63) is 11.3 Å². The van der Waals surface area contributed by atoms with Gasteiger partial charge < -0.3 is 10.2 Å². The molecule has 0 atom stereocenters. The zero-order chi connectivity index (χ0) is 8.85. The van der Waals surface area contributed by atoms with Crippen LogP contribution in [0.4, 0.5) is 0 Å². The highest BCUT2D eigenvalue weighted by molar-refractivity contribution is 5.86. The van der Waals surface area contributed by atoms with Crippen molar-refractivity contribution in [2.24, 2.45) is 0 Å². The van der Waals surface area contributed by atoms with Crippen LogP contribution in [0.1, 0.15) is 33.1 Å². The van der Waals surface area contributed by atoms with E-state index in [1.807, 2.05) is 6.92 Å². The van der Waals surface area contributed by atoms with E-state index in [1.54, 1.807) is 0 Å². The predicted octanol–water partition coefficient (Wildman–Crippen LogP) is 2.09. The molecule has 11 heavy (non-hydrogen) atoms. The highest BCUT2D eigenvalue weighted by Gasteiger charge is 2.09. The number of unbranched alkanes of at least 4 members (excludes halogenated alkanes) is 1. The minimum Gasteiger partial charge on any atom is -0.512 e. The molecule has 64 valence electrons. The van der Waals surface area contributed by atoms with Crippen LogP contribution in [0, 0.1) is 0 Å². The first kappa shape index (κ1) is 10.0. The Labute approximate surface area is 66.4 Å². The number of hydrogen-bond acceptors (Lipinski definition) is 2. The maximum atomic E-state index is 10.4. The molecule has 0 aromatic heterocycles. The maximum absolute atomic E-state index is 10.4. The minimum absolute atomic E-state index is 0.0778. The van der Waals surface area contributed by atoms with Gasteiger partial charge in [-0.2, -0.15) is 0 Å². The molecule has 0 fully saturated rings. The summed E-state index contributed by atoms with van der Waals surface area (Å²) in [5.74, 6) is -1.09. The fourth-order valence-electron chi connectivity index (χ4n) is 0.796. The molecule has 0 saturated heterocycles. The fourth-order valence-corrected chi connectivity index (χ4v) is 0.796. The molecule has 0 spiro atoms. The lowest BCUT2D eigenvalue weighted by atomic mass is 10.1. The molecule has 0 aliphatic carbocycles. The van der Waals surface area contributed by atoms with E-state index in [2.05, 4.69) is 0 Å². The molecule has 2 N–H and O–H groups in total. The Balaban J connectivity index is 4.14. The van der Waals surface area contributed by atoms with Crippen LogP contribution in [0.25, 0.3) is 0 Å². The monoisotopic (exact) mass is 158 g/mol. The van der Waals surface area contributed by atoms with E-state index in [1.165, 1.54) is 6.92 Å². The molecule has 0 unspecified atom stereocenters. The molecule has 3 heteroatoms. The van der Waals surface area contributed by atoms with Crippen LogP contribution in [-0.2, 0) is 4.79 Å². The van der Waals surface area contributed by atoms with E-state index in [-0.39, 0.29) is 11.3 Å². The third-order valence-electron chi connectivity index (χ3n) is 1.48. The Kier molecular flexibility index (Phi) is 4.34. The van der Waals surface area contributed by atoms with Crippen LogP contribution in [0.2, 0.25) is 0 Å². The highest BCUT2D eigenvalue weighted by Crippen LogP contribution is 2.10. The summed E-state index contributed by atoms with van der Waals surface area (Å²) in [6, 6.07) is 0. The molecule has 0 amide bonds. The Morgan fingerprint density at radius 2 is 1.91 bits per heavy atom. The molecule has 0 rings (SSSR count). The molecule has 0 bridgehead atoms. The van der Waals surface area contributed by atoms with Gasteiger partial charge in [-0.1, -0.05) is 13.3 Å². The van der Waals surface area contributed by atoms with Crippen molar-refractivity contribution in [1.29, 1.82) is 0 Å². The Hall–Kier alpha value is -0.990. The average molecular weight is 158 g/mol. The Bertz CT molecular complexity index is 166. The largest absolute Gasteiger partial charge is 0.512 e. The van der Waals surface area contributed by atoms with Crippen molar-refractivity contribution in [3.8, 4) is 0 Å². The van der Waals surface area contributed by atoms with Gasteiger partial charge in [0.25, 0.3) is 0 Å². The summed E-state index contributed by atoms with van der Waals surface area (Å²) in [5, 5.41) is 17.5. The standard InChI is InChI=1S/C8H14O3/c1-3-4-5-7(6(2)9)8(10)11/h9H,3-5H2,1-2H3,(H,10,11)/b7-6-. The molecule has 0 aromatic carbocycles. The van der Waals surface area contributed by atoms with Crippen LogP contribution in [0.3, 0.4) is 0 Å². The lowest BCUT2D eigenvalue weighted by molar-refractivity contribution is -0.133. The number of carbonyl (C=O) groups is 1. The summed E-state index contributed by atoms with van der Waals surface area (Å²) in [5.41, 5.74) is 0.131. The summed E-state index contributed by atoms with van der Waals surface area (Å²) in [7, 11) is 0. The van der Waals surface area contributed by atoms with Crippen LogP contribution < -0.4 is 0 Å². The number of hydrogen-bond donors (Lipinski definition) is 2. The molecule has 0 aliphatic rings. The number of aliphatic hydroxyl groups excluding tert-OH is 1. The van der Waals surface area contributed by atoms with Crippen LogP contribution >= 0.6 is 0 Å². The number of carboxylic acid groups (broad SMARTS) is 1. The highest BCUT2D eigenvalue weighted by atomic mass is 16.4. The van der Waals surface area contributed by atoms with Gasteiger partial charge in [0.2, 0.25) is 0 Å². The molecule has 0 saturated carbocycles.